The summed E-state index contributed by atoms with van der Waals surface area (Å²) in [6, 6.07) is 10.9. The maximum atomic E-state index is 14.6. The molecule has 0 saturated carbocycles. The molecule has 0 aromatic heterocycles. The summed E-state index contributed by atoms with van der Waals surface area (Å²) in [6.07, 6.45) is 2.46. The number of benzene rings is 2. The summed E-state index contributed by atoms with van der Waals surface area (Å²) in [7, 11) is 0. The van der Waals surface area contributed by atoms with E-state index < -0.39 is 35.1 Å². The van der Waals surface area contributed by atoms with Crippen LogP contribution in [-0.4, -0.2) is 43.3 Å². The summed E-state index contributed by atoms with van der Waals surface area (Å²) >= 11 is 0. The summed E-state index contributed by atoms with van der Waals surface area (Å²) in [4.78, 5) is 24.4. The van der Waals surface area contributed by atoms with Crippen LogP contribution in [0.2, 0.25) is 0 Å². The highest BCUT2D eigenvalue weighted by atomic mass is 19.2. The van der Waals surface area contributed by atoms with Gasteiger partial charge in [0.1, 0.15) is 12.7 Å². The van der Waals surface area contributed by atoms with Gasteiger partial charge in [-0.2, -0.15) is 4.39 Å². The third-order valence-corrected chi connectivity index (χ3v) is 7.03. The van der Waals surface area contributed by atoms with Crippen molar-refractivity contribution in [1.29, 1.82) is 0 Å². The standard InChI is InChI=1S/C32H43F2NO5/c1-7-38-28(36)13-12-21-16-26(33)29(34)27(17-21)39-20-25(40-30(37)31(2,3)4)19-35-32(5,6)18-22-14-23-10-8-9-11-24(23)15-22/h8-11,16-17,22,25,35H,7,12-15,18-20H2,1-6H3. The highest BCUT2D eigenvalue weighted by molar-refractivity contribution is 5.75. The summed E-state index contributed by atoms with van der Waals surface area (Å²) in [6.45, 7) is 11.5. The molecule has 0 saturated heterocycles. The third kappa shape index (κ3) is 9.29. The molecule has 1 aliphatic carbocycles. The van der Waals surface area contributed by atoms with Crippen molar-refractivity contribution in [3.8, 4) is 5.75 Å². The van der Waals surface area contributed by atoms with Crippen LogP contribution in [0.4, 0.5) is 8.78 Å². The van der Waals surface area contributed by atoms with Crippen LogP contribution in [0.25, 0.3) is 0 Å². The zero-order chi connectivity index (χ0) is 29.5. The molecule has 6 nitrogen and oxygen atoms in total. The van der Waals surface area contributed by atoms with Crippen LogP contribution < -0.4 is 10.1 Å². The molecule has 0 fully saturated rings. The molecule has 1 unspecified atom stereocenters. The smallest absolute Gasteiger partial charge is 0.311 e. The summed E-state index contributed by atoms with van der Waals surface area (Å²) in [5.74, 6) is -2.83. The second-order valence-corrected chi connectivity index (χ2v) is 12.3. The molecule has 0 radical (unpaired) electrons. The molecule has 1 aliphatic rings. The Balaban J connectivity index is 1.65. The minimum Gasteiger partial charge on any atom is -0.486 e. The number of rotatable bonds is 13. The zero-order valence-electron chi connectivity index (χ0n) is 24.6. The Bertz CT molecular complexity index is 1150. The van der Waals surface area contributed by atoms with Crippen LogP contribution in [0.1, 0.15) is 71.1 Å². The average Bonchev–Trinajstić information content (AvgIpc) is 3.27. The van der Waals surface area contributed by atoms with Crippen molar-refractivity contribution in [2.45, 2.75) is 85.3 Å². The van der Waals surface area contributed by atoms with Gasteiger partial charge >= 0.3 is 11.9 Å². The monoisotopic (exact) mass is 559 g/mol. The van der Waals surface area contributed by atoms with Crippen LogP contribution in [0.3, 0.4) is 0 Å². The molecule has 0 amide bonds. The predicted octanol–water partition coefficient (Wildman–Crippen LogP) is 5.97. The van der Waals surface area contributed by atoms with Gasteiger partial charge in [0.05, 0.1) is 12.0 Å². The molecule has 2 aromatic carbocycles. The molecule has 0 aliphatic heterocycles. The average molecular weight is 560 g/mol. The molecular formula is C32H43F2NO5. The van der Waals surface area contributed by atoms with Crippen molar-refractivity contribution in [1.82, 2.24) is 5.32 Å². The quantitative estimate of drug-likeness (QED) is 0.305. The molecule has 1 N–H and O–H groups in total. The van der Waals surface area contributed by atoms with Crippen LogP contribution in [-0.2, 0) is 38.3 Å². The van der Waals surface area contributed by atoms with E-state index in [-0.39, 0.29) is 43.9 Å². The summed E-state index contributed by atoms with van der Waals surface area (Å²) < 4.78 is 45.3. The highest BCUT2D eigenvalue weighted by Crippen LogP contribution is 2.32. The van der Waals surface area contributed by atoms with Gasteiger partial charge in [-0.25, -0.2) is 4.39 Å². The molecule has 40 heavy (non-hydrogen) atoms. The van der Waals surface area contributed by atoms with Gasteiger partial charge in [-0.3, -0.25) is 9.59 Å². The van der Waals surface area contributed by atoms with Crippen LogP contribution in [0.15, 0.2) is 36.4 Å². The second kappa shape index (κ2) is 13.6. The number of halogens is 2. The Morgan fingerprint density at radius 2 is 1.70 bits per heavy atom. The number of carbonyl (C=O) groups is 2. The SMILES string of the molecule is CCOC(=O)CCc1cc(F)c(F)c(OCC(CNC(C)(C)CC2Cc3ccccc3C2)OC(=O)C(C)(C)C)c1. The maximum Gasteiger partial charge on any atom is 0.311 e. The number of ether oxygens (including phenoxy) is 3. The van der Waals surface area contributed by atoms with Gasteiger partial charge in [0.15, 0.2) is 11.6 Å². The lowest BCUT2D eigenvalue weighted by Gasteiger charge is -2.32. The van der Waals surface area contributed by atoms with E-state index in [1.54, 1.807) is 27.7 Å². The number of hydrogen-bond donors (Lipinski definition) is 1. The fourth-order valence-electron chi connectivity index (χ4n) is 4.97. The van der Waals surface area contributed by atoms with E-state index in [1.807, 2.05) is 0 Å². The zero-order valence-corrected chi connectivity index (χ0v) is 24.6. The lowest BCUT2D eigenvalue weighted by molar-refractivity contribution is -0.160. The first-order valence-electron chi connectivity index (χ1n) is 14.1. The topological polar surface area (TPSA) is 73.9 Å². The van der Waals surface area contributed by atoms with Gasteiger partial charge in [-0.1, -0.05) is 24.3 Å². The van der Waals surface area contributed by atoms with E-state index in [2.05, 4.69) is 43.4 Å². The Morgan fingerprint density at radius 3 is 2.30 bits per heavy atom. The molecular weight excluding hydrogens is 516 g/mol. The fourth-order valence-corrected chi connectivity index (χ4v) is 4.97. The normalized spacial score (nSPS) is 14.5. The molecule has 1 atom stereocenters. The van der Waals surface area contributed by atoms with Crippen molar-refractivity contribution in [2.75, 3.05) is 19.8 Å². The van der Waals surface area contributed by atoms with Crippen molar-refractivity contribution in [3.63, 3.8) is 0 Å². The first kappa shape index (κ1) is 31.5. The van der Waals surface area contributed by atoms with E-state index >= 15 is 0 Å². The van der Waals surface area contributed by atoms with Gasteiger partial charge < -0.3 is 19.5 Å². The van der Waals surface area contributed by atoms with Crippen molar-refractivity contribution in [3.05, 3.63) is 64.7 Å². The molecule has 3 rings (SSSR count). The Labute approximate surface area is 236 Å². The van der Waals surface area contributed by atoms with E-state index in [9.17, 15) is 18.4 Å². The number of fused-ring (bicyclic) bond motifs is 1. The number of esters is 2. The first-order chi connectivity index (χ1) is 18.8. The number of nitrogens with one attached hydrogen (secondary N) is 1. The third-order valence-electron chi connectivity index (χ3n) is 7.03. The van der Waals surface area contributed by atoms with Crippen molar-refractivity contribution >= 4 is 11.9 Å². The van der Waals surface area contributed by atoms with Gasteiger partial charge in [-0.05, 0) is 102 Å². The molecule has 2 aromatic rings. The molecule has 0 bridgehead atoms. The maximum absolute atomic E-state index is 14.6. The van der Waals surface area contributed by atoms with Crippen LogP contribution in [0.5, 0.6) is 5.75 Å². The number of hydrogen-bond acceptors (Lipinski definition) is 6. The minimum atomic E-state index is -1.13. The van der Waals surface area contributed by atoms with Gasteiger partial charge in [0.25, 0.3) is 0 Å². The first-order valence-corrected chi connectivity index (χ1v) is 14.1. The van der Waals surface area contributed by atoms with Crippen LogP contribution in [0, 0.1) is 23.0 Å². The van der Waals surface area contributed by atoms with E-state index in [0.29, 0.717) is 11.5 Å². The predicted molar refractivity (Wildman–Crippen MR) is 150 cm³/mol. The van der Waals surface area contributed by atoms with E-state index in [1.165, 1.54) is 17.2 Å². The molecule has 220 valence electrons. The van der Waals surface area contributed by atoms with E-state index in [4.69, 9.17) is 14.2 Å². The lowest BCUT2D eigenvalue weighted by Crippen LogP contribution is -2.47. The van der Waals surface area contributed by atoms with Crippen molar-refractivity contribution < 1.29 is 32.6 Å². The Morgan fingerprint density at radius 1 is 1.05 bits per heavy atom. The second-order valence-electron chi connectivity index (χ2n) is 12.3. The largest absolute Gasteiger partial charge is 0.486 e. The van der Waals surface area contributed by atoms with E-state index in [0.717, 1.165) is 25.3 Å². The lowest BCUT2D eigenvalue weighted by atomic mass is 9.88. The number of carbonyl (C=O) groups excluding carboxylic acids is 2. The van der Waals surface area contributed by atoms with Gasteiger partial charge in [0, 0.05) is 18.5 Å². The van der Waals surface area contributed by atoms with Crippen molar-refractivity contribution in [2.24, 2.45) is 11.3 Å². The summed E-state index contributed by atoms with van der Waals surface area (Å²) in [5, 5.41) is 3.51. The highest BCUT2D eigenvalue weighted by Gasteiger charge is 2.31. The Kier molecular flexibility index (Phi) is 10.7. The fraction of sp³-hybridized carbons (Fsp3) is 0.562. The minimum absolute atomic E-state index is 0.0370. The number of aryl methyl sites for hydroxylation is 1. The van der Waals surface area contributed by atoms with Gasteiger partial charge in [0.2, 0.25) is 5.82 Å². The molecule has 0 spiro atoms. The Hall–Kier alpha value is -3.00. The summed E-state index contributed by atoms with van der Waals surface area (Å²) in [5.41, 5.74) is 2.19. The molecule has 8 heteroatoms. The van der Waals surface area contributed by atoms with Crippen LogP contribution >= 0.6 is 0 Å². The van der Waals surface area contributed by atoms with Gasteiger partial charge in [-0.15, -0.1) is 0 Å². The molecule has 0 heterocycles.